The molecule has 1 heterocycles. The minimum Gasteiger partial charge on any atom is -0.273 e. The summed E-state index contributed by atoms with van der Waals surface area (Å²) in [4.78, 5) is 24.8. The minimum absolute atomic E-state index is 0.0859. The number of alkyl halides is 1. The Labute approximate surface area is 117 Å². The minimum atomic E-state index is -0.609. The summed E-state index contributed by atoms with van der Waals surface area (Å²) < 4.78 is 0.691. The van der Waals surface area contributed by atoms with Gasteiger partial charge >= 0.3 is 0 Å². The fraction of sp³-hybridized carbons (Fsp3) is 0.692. The van der Waals surface area contributed by atoms with E-state index in [1.54, 1.807) is 0 Å². The second-order valence-electron chi connectivity index (χ2n) is 5.37. The van der Waals surface area contributed by atoms with E-state index in [4.69, 9.17) is 11.6 Å². The number of allylic oxidation sites excluding steroid dienone is 2. The molecule has 100 valence electrons. The second kappa shape index (κ2) is 4.57. The van der Waals surface area contributed by atoms with E-state index in [0.717, 1.165) is 11.9 Å². The molecule has 3 atom stereocenters. The van der Waals surface area contributed by atoms with E-state index < -0.39 is 9.62 Å². The number of nitrogens with zero attached hydrogens (tertiary/aromatic N) is 1. The standard InChI is InChI=1S/C13H18ClNO2S/c1-4-13(3,14)18-15-10(16)9-7-5-6-8-12(9,2)11(15)17/h5-6,9H,4,7-8H2,1-3H3/t9-,12-,13?/m0/s1. The van der Waals surface area contributed by atoms with Crippen molar-refractivity contribution in [2.45, 2.75) is 44.2 Å². The van der Waals surface area contributed by atoms with Gasteiger partial charge in [-0.3, -0.25) is 9.59 Å². The molecule has 0 spiro atoms. The van der Waals surface area contributed by atoms with E-state index in [0.29, 0.717) is 19.3 Å². The molecule has 1 aliphatic carbocycles. The molecule has 1 saturated heterocycles. The summed E-state index contributed by atoms with van der Waals surface area (Å²) >= 11 is 7.44. The fourth-order valence-corrected chi connectivity index (χ4v) is 3.61. The van der Waals surface area contributed by atoms with E-state index in [9.17, 15) is 9.59 Å². The van der Waals surface area contributed by atoms with Crippen LogP contribution in [0, 0.1) is 11.3 Å². The Morgan fingerprint density at radius 2 is 2.22 bits per heavy atom. The normalized spacial score (nSPS) is 34.7. The van der Waals surface area contributed by atoms with Crippen LogP contribution in [0.2, 0.25) is 0 Å². The first-order chi connectivity index (χ1) is 8.32. The highest BCUT2D eigenvalue weighted by Gasteiger charge is 2.57. The number of amides is 2. The molecule has 0 aromatic rings. The van der Waals surface area contributed by atoms with Crippen LogP contribution >= 0.6 is 23.5 Å². The van der Waals surface area contributed by atoms with Crippen molar-refractivity contribution in [1.29, 1.82) is 0 Å². The summed E-state index contributed by atoms with van der Waals surface area (Å²) in [5, 5.41) is 0. The summed E-state index contributed by atoms with van der Waals surface area (Å²) in [7, 11) is 0. The number of hydrogen-bond donors (Lipinski definition) is 0. The number of carbonyl (C=O) groups excluding carboxylic acids is 2. The van der Waals surface area contributed by atoms with Gasteiger partial charge in [-0.2, -0.15) is 0 Å². The maximum Gasteiger partial charge on any atom is 0.246 e. The summed E-state index contributed by atoms with van der Waals surface area (Å²) in [5.41, 5.74) is -0.570. The zero-order valence-corrected chi connectivity index (χ0v) is 12.5. The lowest BCUT2D eigenvalue weighted by molar-refractivity contribution is -0.134. The van der Waals surface area contributed by atoms with E-state index >= 15 is 0 Å². The number of fused-ring (bicyclic) bond motifs is 1. The van der Waals surface area contributed by atoms with Crippen LogP contribution in [0.3, 0.4) is 0 Å². The molecule has 1 aliphatic heterocycles. The molecule has 5 heteroatoms. The first-order valence-electron chi connectivity index (χ1n) is 6.23. The van der Waals surface area contributed by atoms with E-state index in [-0.39, 0.29) is 17.7 Å². The molecule has 0 saturated carbocycles. The molecule has 0 N–H and O–H groups in total. The molecule has 3 nitrogen and oxygen atoms in total. The maximum absolute atomic E-state index is 12.5. The highest BCUT2D eigenvalue weighted by molar-refractivity contribution is 8.00. The van der Waals surface area contributed by atoms with Crippen molar-refractivity contribution in [3.05, 3.63) is 12.2 Å². The molecule has 2 amide bonds. The predicted octanol–water partition coefficient (Wildman–Crippen LogP) is 3.34. The second-order valence-corrected chi connectivity index (χ2v) is 7.87. The van der Waals surface area contributed by atoms with Gasteiger partial charge in [-0.15, -0.1) is 11.6 Å². The van der Waals surface area contributed by atoms with Gasteiger partial charge in [0, 0.05) is 0 Å². The largest absolute Gasteiger partial charge is 0.273 e. The van der Waals surface area contributed by atoms with Crippen LogP contribution in [0.5, 0.6) is 0 Å². The summed E-state index contributed by atoms with van der Waals surface area (Å²) in [6.07, 6.45) is 5.98. The average molecular weight is 288 g/mol. The SMILES string of the molecule is CCC(C)(Cl)SN1C(=O)[C@@H]2CC=CC[C@]2(C)C1=O. The summed E-state index contributed by atoms with van der Waals surface area (Å²) in [6.45, 7) is 5.67. The lowest BCUT2D eigenvalue weighted by atomic mass is 9.72. The van der Waals surface area contributed by atoms with Gasteiger partial charge in [0.1, 0.15) is 4.21 Å². The van der Waals surface area contributed by atoms with Crippen LogP contribution in [-0.4, -0.2) is 20.3 Å². The molecule has 0 aromatic heterocycles. The molecular weight excluding hydrogens is 270 g/mol. The third kappa shape index (κ3) is 2.10. The van der Waals surface area contributed by atoms with Crippen LogP contribution in [-0.2, 0) is 9.59 Å². The zero-order chi connectivity index (χ0) is 13.6. The zero-order valence-electron chi connectivity index (χ0n) is 10.9. The van der Waals surface area contributed by atoms with Crippen molar-refractivity contribution in [3.8, 4) is 0 Å². The smallest absolute Gasteiger partial charge is 0.246 e. The van der Waals surface area contributed by atoms with Gasteiger partial charge < -0.3 is 0 Å². The van der Waals surface area contributed by atoms with Gasteiger partial charge in [0.15, 0.2) is 0 Å². The Morgan fingerprint density at radius 1 is 1.56 bits per heavy atom. The number of imide groups is 1. The molecule has 0 aromatic carbocycles. The Morgan fingerprint density at radius 3 is 2.78 bits per heavy atom. The number of halogens is 1. The Bertz CT molecular complexity index is 421. The molecule has 2 aliphatic rings. The van der Waals surface area contributed by atoms with E-state index in [2.05, 4.69) is 0 Å². The van der Waals surface area contributed by atoms with Crippen LogP contribution in [0.15, 0.2) is 12.2 Å². The van der Waals surface area contributed by atoms with Gasteiger partial charge in [0.05, 0.1) is 11.3 Å². The van der Waals surface area contributed by atoms with Gasteiger partial charge in [-0.05, 0) is 45.1 Å². The van der Waals surface area contributed by atoms with Crippen molar-refractivity contribution in [2.75, 3.05) is 0 Å². The quantitative estimate of drug-likeness (QED) is 0.346. The van der Waals surface area contributed by atoms with Crippen molar-refractivity contribution in [2.24, 2.45) is 11.3 Å². The van der Waals surface area contributed by atoms with Gasteiger partial charge in [-0.25, -0.2) is 4.31 Å². The lowest BCUT2D eigenvalue weighted by Crippen LogP contribution is -2.33. The van der Waals surface area contributed by atoms with Gasteiger partial charge in [0.2, 0.25) is 11.8 Å². The molecule has 1 unspecified atom stereocenters. The third-order valence-corrected chi connectivity index (χ3v) is 5.61. The Balaban J connectivity index is 2.26. The topological polar surface area (TPSA) is 37.4 Å². The maximum atomic E-state index is 12.5. The lowest BCUT2D eigenvalue weighted by Gasteiger charge is -2.28. The van der Waals surface area contributed by atoms with Gasteiger partial charge in [-0.1, -0.05) is 19.1 Å². The number of rotatable bonds is 3. The first kappa shape index (κ1) is 13.9. The molecule has 18 heavy (non-hydrogen) atoms. The monoisotopic (exact) mass is 287 g/mol. The van der Waals surface area contributed by atoms with Crippen LogP contribution in [0.25, 0.3) is 0 Å². The number of carbonyl (C=O) groups is 2. The Hall–Kier alpha value is -0.480. The van der Waals surface area contributed by atoms with E-state index in [1.807, 2.05) is 32.9 Å². The predicted molar refractivity (Wildman–Crippen MR) is 74.0 cm³/mol. The van der Waals surface area contributed by atoms with Gasteiger partial charge in [0.25, 0.3) is 0 Å². The molecule has 0 radical (unpaired) electrons. The van der Waals surface area contributed by atoms with Crippen molar-refractivity contribution >= 4 is 35.4 Å². The average Bonchev–Trinajstić information content (AvgIpc) is 2.51. The van der Waals surface area contributed by atoms with Crippen molar-refractivity contribution in [3.63, 3.8) is 0 Å². The van der Waals surface area contributed by atoms with Crippen LogP contribution < -0.4 is 0 Å². The van der Waals surface area contributed by atoms with E-state index in [1.165, 1.54) is 4.31 Å². The summed E-state index contributed by atoms with van der Waals surface area (Å²) in [6, 6.07) is 0. The fourth-order valence-electron chi connectivity index (χ4n) is 2.39. The molecule has 2 rings (SSSR count). The van der Waals surface area contributed by atoms with Crippen LogP contribution in [0.4, 0.5) is 0 Å². The highest BCUT2D eigenvalue weighted by Crippen LogP contribution is 2.50. The number of hydrogen-bond acceptors (Lipinski definition) is 3. The highest BCUT2D eigenvalue weighted by atomic mass is 35.5. The molecule has 0 bridgehead atoms. The Kier molecular flexibility index (Phi) is 3.54. The summed E-state index contributed by atoms with van der Waals surface area (Å²) in [5.74, 6) is -0.392. The van der Waals surface area contributed by atoms with Crippen molar-refractivity contribution in [1.82, 2.24) is 4.31 Å². The molecule has 1 fully saturated rings. The first-order valence-corrected chi connectivity index (χ1v) is 7.38. The third-order valence-electron chi connectivity index (χ3n) is 3.93. The van der Waals surface area contributed by atoms with Crippen molar-refractivity contribution < 1.29 is 9.59 Å². The molecular formula is C13H18ClNO2S. The van der Waals surface area contributed by atoms with Crippen LogP contribution in [0.1, 0.15) is 40.0 Å².